The summed E-state index contributed by atoms with van der Waals surface area (Å²) in [7, 11) is 0. The molecule has 0 radical (unpaired) electrons. The van der Waals surface area contributed by atoms with E-state index in [0.29, 0.717) is 4.90 Å². The van der Waals surface area contributed by atoms with E-state index in [2.05, 4.69) is 0 Å². The van der Waals surface area contributed by atoms with Gasteiger partial charge in [-0.2, -0.15) is 0 Å². The minimum absolute atomic E-state index is 0.0219. The summed E-state index contributed by atoms with van der Waals surface area (Å²) >= 11 is 2.43. The van der Waals surface area contributed by atoms with Crippen molar-refractivity contribution in [1.82, 2.24) is 0 Å². The van der Waals surface area contributed by atoms with Gasteiger partial charge in [-0.3, -0.25) is 10.1 Å². The summed E-state index contributed by atoms with van der Waals surface area (Å²) in [6.45, 7) is 0. The Morgan fingerprint density at radius 2 is 2.11 bits per heavy atom. The lowest BCUT2D eigenvalue weighted by Gasteiger charge is -1.98. The van der Waals surface area contributed by atoms with E-state index in [1.54, 1.807) is 23.6 Å². The van der Waals surface area contributed by atoms with Crippen LogP contribution in [-0.2, 0) is 0 Å². The van der Waals surface area contributed by atoms with Crippen LogP contribution in [0.5, 0.6) is 0 Å². The zero-order chi connectivity index (χ0) is 13.1. The van der Waals surface area contributed by atoms with Crippen molar-refractivity contribution in [1.29, 1.82) is 0 Å². The first-order valence-corrected chi connectivity index (χ1v) is 6.50. The normalized spacial score (nSPS) is 10.2. The van der Waals surface area contributed by atoms with Gasteiger partial charge in [-0.15, -0.1) is 11.3 Å². The Bertz CT molecular complexity index is 609. The second-order valence-corrected chi connectivity index (χ2v) is 5.37. The van der Waals surface area contributed by atoms with E-state index in [4.69, 9.17) is 5.11 Å². The highest BCUT2D eigenvalue weighted by Gasteiger charge is 2.10. The molecule has 0 bridgehead atoms. The molecule has 1 N–H and O–H groups in total. The summed E-state index contributed by atoms with van der Waals surface area (Å²) in [5, 5.41) is 21.1. The van der Waals surface area contributed by atoms with Gasteiger partial charge in [0.05, 0.1) is 4.92 Å². The first-order valence-electron chi connectivity index (χ1n) is 4.80. The van der Waals surface area contributed by atoms with Crippen molar-refractivity contribution in [2.45, 2.75) is 9.79 Å². The van der Waals surface area contributed by atoms with Gasteiger partial charge in [0.2, 0.25) is 0 Å². The number of nitrogens with zero attached hydrogens (tertiary/aromatic N) is 1. The van der Waals surface area contributed by atoms with Crippen LogP contribution in [0.4, 0.5) is 5.69 Å². The first-order chi connectivity index (χ1) is 8.56. The van der Waals surface area contributed by atoms with Crippen molar-refractivity contribution in [2.24, 2.45) is 0 Å². The van der Waals surface area contributed by atoms with E-state index in [0.717, 1.165) is 16.2 Å². The number of hydrogen-bond acceptors (Lipinski definition) is 5. The van der Waals surface area contributed by atoms with Gasteiger partial charge in [0.1, 0.15) is 4.88 Å². The SMILES string of the molecule is O=C(O)c1cc(Sc2cccc([N+](=O)[O-])c2)cs1. The Morgan fingerprint density at radius 1 is 1.33 bits per heavy atom. The fraction of sp³-hybridized carbons (Fsp3) is 0. The van der Waals surface area contributed by atoms with Crippen molar-refractivity contribution in [2.75, 3.05) is 0 Å². The molecule has 0 fully saturated rings. The second kappa shape index (κ2) is 5.19. The molecule has 0 aliphatic rings. The number of rotatable bonds is 4. The summed E-state index contributed by atoms with van der Waals surface area (Å²) in [6, 6.07) is 7.78. The molecule has 1 aromatic heterocycles. The monoisotopic (exact) mass is 281 g/mol. The van der Waals surface area contributed by atoms with E-state index in [9.17, 15) is 14.9 Å². The maximum atomic E-state index is 10.7. The second-order valence-electron chi connectivity index (χ2n) is 3.31. The smallest absolute Gasteiger partial charge is 0.345 e. The summed E-state index contributed by atoms with van der Waals surface area (Å²) in [5.74, 6) is -0.967. The average molecular weight is 281 g/mol. The predicted molar refractivity (Wildman–Crippen MR) is 68.5 cm³/mol. The molecule has 2 rings (SSSR count). The van der Waals surface area contributed by atoms with E-state index < -0.39 is 10.9 Å². The van der Waals surface area contributed by atoms with Gasteiger partial charge < -0.3 is 5.11 Å². The number of aromatic carboxylic acids is 1. The molecule has 0 amide bonds. The Morgan fingerprint density at radius 3 is 2.72 bits per heavy atom. The molecule has 18 heavy (non-hydrogen) atoms. The molecule has 0 atom stereocenters. The maximum Gasteiger partial charge on any atom is 0.345 e. The Hall–Kier alpha value is -1.86. The Labute approximate surface area is 110 Å². The van der Waals surface area contributed by atoms with Crippen molar-refractivity contribution in [3.05, 3.63) is 50.7 Å². The lowest BCUT2D eigenvalue weighted by molar-refractivity contribution is -0.385. The van der Waals surface area contributed by atoms with E-state index in [1.807, 2.05) is 0 Å². The zero-order valence-electron chi connectivity index (χ0n) is 8.90. The molecule has 1 aromatic carbocycles. The van der Waals surface area contributed by atoms with Crippen molar-refractivity contribution in [3.8, 4) is 0 Å². The highest BCUT2D eigenvalue weighted by molar-refractivity contribution is 7.99. The largest absolute Gasteiger partial charge is 0.477 e. The number of hydrogen-bond donors (Lipinski definition) is 1. The molecule has 0 unspecified atom stereocenters. The summed E-state index contributed by atoms with van der Waals surface area (Å²) in [5.41, 5.74) is 0.0219. The predicted octanol–water partition coefficient (Wildman–Crippen LogP) is 3.51. The van der Waals surface area contributed by atoms with Crippen LogP contribution in [0.25, 0.3) is 0 Å². The van der Waals surface area contributed by atoms with Gasteiger partial charge >= 0.3 is 5.97 Å². The number of carboxylic acids is 1. The average Bonchev–Trinajstić information content (AvgIpc) is 2.78. The van der Waals surface area contributed by atoms with Crippen molar-refractivity contribution in [3.63, 3.8) is 0 Å². The summed E-state index contributed by atoms with van der Waals surface area (Å²) in [6.07, 6.45) is 0. The number of nitro benzene ring substituents is 1. The van der Waals surface area contributed by atoms with Crippen LogP contribution in [0.2, 0.25) is 0 Å². The minimum Gasteiger partial charge on any atom is -0.477 e. The molecule has 7 heteroatoms. The summed E-state index contributed by atoms with van der Waals surface area (Å²) < 4.78 is 0. The fourth-order valence-electron chi connectivity index (χ4n) is 1.28. The molecule has 5 nitrogen and oxygen atoms in total. The van der Waals surface area contributed by atoms with Crippen molar-refractivity contribution < 1.29 is 14.8 Å². The molecule has 0 saturated heterocycles. The third kappa shape index (κ3) is 2.88. The lowest BCUT2D eigenvalue weighted by Crippen LogP contribution is -1.89. The molecule has 0 saturated carbocycles. The van der Waals surface area contributed by atoms with E-state index in [1.165, 1.54) is 23.9 Å². The van der Waals surface area contributed by atoms with E-state index >= 15 is 0 Å². The van der Waals surface area contributed by atoms with Gasteiger partial charge in [-0.05, 0) is 12.1 Å². The molecular formula is C11H7NO4S2. The first kappa shape index (κ1) is 12.6. The van der Waals surface area contributed by atoms with Crippen LogP contribution in [0.3, 0.4) is 0 Å². The number of carbonyl (C=O) groups is 1. The number of nitro groups is 1. The van der Waals surface area contributed by atoms with Crippen LogP contribution >= 0.6 is 23.1 Å². The topological polar surface area (TPSA) is 80.4 Å². The number of thiophene rings is 1. The van der Waals surface area contributed by atoms with Gasteiger partial charge in [0, 0.05) is 27.3 Å². The van der Waals surface area contributed by atoms with Gasteiger partial charge in [-0.1, -0.05) is 17.8 Å². The lowest BCUT2D eigenvalue weighted by atomic mass is 10.3. The molecule has 92 valence electrons. The molecule has 0 spiro atoms. The zero-order valence-corrected chi connectivity index (χ0v) is 10.5. The van der Waals surface area contributed by atoms with Gasteiger partial charge in [0.15, 0.2) is 0 Å². The third-order valence-corrected chi connectivity index (χ3v) is 4.08. The molecule has 2 aromatic rings. The third-order valence-electron chi connectivity index (χ3n) is 2.05. The minimum atomic E-state index is -0.967. The molecule has 0 aliphatic carbocycles. The molecule has 0 aliphatic heterocycles. The van der Waals surface area contributed by atoms with Crippen LogP contribution in [0, 0.1) is 10.1 Å². The number of benzene rings is 1. The molecule has 1 heterocycles. The van der Waals surface area contributed by atoms with Gasteiger partial charge in [0.25, 0.3) is 5.69 Å². The van der Waals surface area contributed by atoms with Crippen LogP contribution < -0.4 is 0 Å². The fourth-order valence-corrected chi connectivity index (χ4v) is 3.07. The van der Waals surface area contributed by atoms with Gasteiger partial charge in [-0.25, -0.2) is 4.79 Å². The Kier molecular flexibility index (Phi) is 3.63. The number of carboxylic acid groups (broad SMARTS) is 1. The highest BCUT2D eigenvalue weighted by atomic mass is 32.2. The molecular weight excluding hydrogens is 274 g/mol. The van der Waals surface area contributed by atoms with Crippen LogP contribution in [-0.4, -0.2) is 16.0 Å². The van der Waals surface area contributed by atoms with Crippen LogP contribution in [0.15, 0.2) is 45.5 Å². The Balaban J connectivity index is 2.20. The maximum absolute atomic E-state index is 10.7. The number of non-ortho nitro benzene ring substituents is 1. The summed E-state index contributed by atoms with van der Waals surface area (Å²) in [4.78, 5) is 22.6. The van der Waals surface area contributed by atoms with E-state index in [-0.39, 0.29) is 10.6 Å². The van der Waals surface area contributed by atoms with Crippen molar-refractivity contribution >= 4 is 34.8 Å². The highest BCUT2D eigenvalue weighted by Crippen LogP contribution is 2.32. The van der Waals surface area contributed by atoms with Crippen LogP contribution in [0.1, 0.15) is 9.67 Å². The quantitative estimate of drug-likeness (QED) is 0.685. The standard InChI is InChI=1S/C11H7NO4S2/c13-11(14)10-5-9(6-17-10)18-8-3-1-2-7(4-8)12(15)16/h1-6H,(H,13,14).